The monoisotopic (exact) mass is 592 g/mol. The molecular weight excluding hydrogens is 561 g/mol. The molecule has 0 aliphatic carbocycles. The summed E-state index contributed by atoms with van der Waals surface area (Å²) in [5.41, 5.74) is 4.53. The molecule has 3 aromatic carbocycles. The van der Waals surface area contributed by atoms with Gasteiger partial charge in [-0.3, -0.25) is 0 Å². The molecule has 1 aliphatic heterocycles. The third-order valence-corrected chi connectivity index (χ3v) is 7.61. The molecule has 1 saturated heterocycles. The summed E-state index contributed by atoms with van der Waals surface area (Å²) in [6.45, 7) is 7.09. The first-order chi connectivity index (χ1) is 20.2. The fourth-order valence-electron chi connectivity index (χ4n) is 4.47. The lowest BCUT2D eigenvalue weighted by atomic mass is 10.0. The van der Waals surface area contributed by atoms with Crippen molar-refractivity contribution < 1.29 is 17.9 Å². The van der Waals surface area contributed by atoms with E-state index >= 15 is 0 Å². The van der Waals surface area contributed by atoms with E-state index in [1.165, 1.54) is 29.8 Å². The largest absolute Gasteiger partial charge is 0.573 e. The summed E-state index contributed by atoms with van der Waals surface area (Å²) >= 11 is 1.71. The quantitative estimate of drug-likeness (QED) is 0.194. The van der Waals surface area contributed by atoms with Gasteiger partial charge in [0.15, 0.2) is 11.0 Å². The zero-order valence-electron chi connectivity index (χ0n) is 23.5. The molecule has 11 heteroatoms. The number of hydrogen-bond donors (Lipinski definition) is 0. The van der Waals surface area contributed by atoms with E-state index in [0.717, 1.165) is 40.7 Å². The molecule has 1 fully saturated rings. The number of alkyl halides is 3. The van der Waals surface area contributed by atoms with Crippen LogP contribution in [0.15, 0.2) is 82.9 Å². The number of aromatic nitrogens is 3. The number of aliphatic imine (C=N–C) groups is 1. The van der Waals surface area contributed by atoms with Crippen LogP contribution in [0.2, 0.25) is 0 Å². The Balaban J connectivity index is 1.32. The summed E-state index contributed by atoms with van der Waals surface area (Å²) in [6.07, 6.45) is -1.29. The van der Waals surface area contributed by atoms with E-state index in [1.54, 1.807) is 16.4 Å². The summed E-state index contributed by atoms with van der Waals surface area (Å²) in [4.78, 5) is 9.62. The van der Waals surface area contributed by atoms with Gasteiger partial charge in [0.2, 0.25) is 0 Å². The van der Waals surface area contributed by atoms with Crippen LogP contribution in [0.3, 0.4) is 0 Å². The van der Waals surface area contributed by atoms with Crippen molar-refractivity contribution in [2.75, 3.05) is 12.3 Å². The van der Waals surface area contributed by atoms with E-state index < -0.39 is 6.36 Å². The SMILES string of the molecule is CCc1nc(-c2ccc(C=NN3CCCSC3=Nc3ccccc3C(C)C)cc2)nn1-c1ccc(OC(F)(F)F)cc1. The maximum absolute atomic E-state index is 12.5. The van der Waals surface area contributed by atoms with Crippen LogP contribution in [0.25, 0.3) is 17.1 Å². The highest BCUT2D eigenvalue weighted by molar-refractivity contribution is 8.13. The molecule has 0 radical (unpaired) electrons. The van der Waals surface area contributed by atoms with E-state index in [2.05, 4.69) is 40.8 Å². The lowest BCUT2D eigenvalue weighted by Crippen LogP contribution is -2.29. The molecule has 1 aliphatic rings. The van der Waals surface area contributed by atoms with Crippen LogP contribution >= 0.6 is 11.8 Å². The van der Waals surface area contributed by atoms with Gasteiger partial charge >= 0.3 is 6.36 Å². The number of nitrogens with zero attached hydrogens (tertiary/aromatic N) is 6. The molecule has 0 unspecified atom stereocenters. The fourth-order valence-corrected chi connectivity index (χ4v) is 5.38. The molecule has 0 atom stereocenters. The summed E-state index contributed by atoms with van der Waals surface area (Å²) in [5.74, 6) is 2.31. The van der Waals surface area contributed by atoms with Crippen LogP contribution in [0, 0.1) is 0 Å². The lowest BCUT2D eigenvalue weighted by Gasteiger charge is -2.25. The van der Waals surface area contributed by atoms with Crippen molar-refractivity contribution in [2.24, 2.45) is 10.1 Å². The van der Waals surface area contributed by atoms with Crippen molar-refractivity contribution >= 4 is 28.8 Å². The highest BCUT2D eigenvalue weighted by Gasteiger charge is 2.31. The first-order valence-electron chi connectivity index (χ1n) is 13.7. The molecule has 5 rings (SSSR count). The number of halogens is 3. The van der Waals surface area contributed by atoms with E-state index in [1.807, 2.05) is 54.5 Å². The number of ether oxygens (including phenoxy) is 1. The minimum absolute atomic E-state index is 0.288. The number of hydrazone groups is 1. The maximum Gasteiger partial charge on any atom is 0.573 e. The van der Waals surface area contributed by atoms with Gasteiger partial charge in [0.25, 0.3) is 0 Å². The van der Waals surface area contributed by atoms with Gasteiger partial charge in [-0.25, -0.2) is 19.7 Å². The van der Waals surface area contributed by atoms with Crippen LogP contribution in [0.5, 0.6) is 5.75 Å². The number of benzene rings is 3. The van der Waals surface area contributed by atoms with Gasteiger partial charge in [-0.15, -0.1) is 18.3 Å². The molecule has 0 amide bonds. The average molecular weight is 593 g/mol. The summed E-state index contributed by atoms with van der Waals surface area (Å²) in [5, 5.41) is 12.2. The zero-order valence-corrected chi connectivity index (χ0v) is 24.4. The van der Waals surface area contributed by atoms with Crippen LogP contribution < -0.4 is 4.74 Å². The minimum Gasteiger partial charge on any atom is -0.406 e. The van der Waals surface area contributed by atoms with Gasteiger partial charge < -0.3 is 4.74 Å². The molecule has 0 saturated carbocycles. The Morgan fingerprint density at radius 1 is 1.02 bits per heavy atom. The van der Waals surface area contributed by atoms with Crippen molar-refractivity contribution in [1.29, 1.82) is 0 Å². The fraction of sp³-hybridized carbons (Fsp3) is 0.290. The predicted octanol–water partition coefficient (Wildman–Crippen LogP) is 7.98. The highest BCUT2D eigenvalue weighted by atomic mass is 32.2. The number of para-hydroxylation sites is 1. The van der Waals surface area contributed by atoms with E-state index in [4.69, 9.17) is 10.1 Å². The second-order valence-corrected chi connectivity index (χ2v) is 11.0. The molecule has 7 nitrogen and oxygen atoms in total. The number of aryl methyl sites for hydroxylation is 1. The van der Waals surface area contributed by atoms with Crippen molar-refractivity contribution in [2.45, 2.75) is 45.9 Å². The van der Waals surface area contributed by atoms with Crippen molar-refractivity contribution in [3.8, 4) is 22.8 Å². The normalized spacial score (nSPS) is 15.2. The summed E-state index contributed by atoms with van der Waals surface area (Å²) in [6, 6.07) is 21.6. The van der Waals surface area contributed by atoms with Gasteiger partial charge in [-0.1, -0.05) is 75.0 Å². The third-order valence-electron chi connectivity index (χ3n) is 6.56. The topological polar surface area (TPSA) is 67.9 Å². The Hall–Kier alpha value is -4.12. The van der Waals surface area contributed by atoms with Crippen LogP contribution in [-0.4, -0.2) is 49.8 Å². The average Bonchev–Trinajstić information content (AvgIpc) is 3.41. The second-order valence-electron chi connectivity index (χ2n) is 9.96. The molecule has 1 aromatic heterocycles. The van der Waals surface area contributed by atoms with Crippen molar-refractivity contribution in [1.82, 2.24) is 19.8 Å². The smallest absolute Gasteiger partial charge is 0.406 e. The standard InChI is InChI=1S/C31H31F3N6OS/c1-4-28-37-29(38-40(28)24-14-16-25(17-15-24)41-31(32,33)34)23-12-10-22(11-13-23)20-35-39-18-7-19-42-30(39)36-27-9-6-5-8-26(27)21(2)3/h5-6,8-17,20-21H,4,7,18-19H2,1-3H3. The van der Waals surface area contributed by atoms with E-state index in [-0.39, 0.29) is 5.75 Å². The predicted molar refractivity (Wildman–Crippen MR) is 162 cm³/mol. The Bertz CT molecular complexity index is 1560. The molecule has 0 spiro atoms. The number of hydrogen-bond acceptors (Lipinski definition) is 6. The first kappa shape index (κ1) is 29.4. The van der Waals surface area contributed by atoms with Gasteiger partial charge in [-0.05, 0) is 53.8 Å². The van der Waals surface area contributed by atoms with Crippen LogP contribution in [-0.2, 0) is 6.42 Å². The van der Waals surface area contributed by atoms with E-state index in [0.29, 0.717) is 29.7 Å². The van der Waals surface area contributed by atoms with Gasteiger partial charge in [-0.2, -0.15) is 5.10 Å². The Kier molecular flexibility index (Phi) is 8.96. The first-order valence-corrected chi connectivity index (χ1v) is 14.7. The summed E-state index contributed by atoms with van der Waals surface area (Å²) in [7, 11) is 0. The van der Waals surface area contributed by atoms with Crippen molar-refractivity contribution in [3.05, 3.63) is 89.7 Å². The molecule has 4 aromatic rings. The van der Waals surface area contributed by atoms with Gasteiger partial charge in [0, 0.05) is 24.3 Å². The molecule has 0 bridgehead atoms. The molecule has 218 valence electrons. The Morgan fingerprint density at radius 2 is 1.76 bits per heavy atom. The third kappa shape index (κ3) is 7.20. The van der Waals surface area contributed by atoms with Gasteiger partial charge in [0.05, 0.1) is 17.6 Å². The van der Waals surface area contributed by atoms with Crippen molar-refractivity contribution in [3.63, 3.8) is 0 Å². The van der Waals surface area contributed by atoms with Gasteiger partial charge in [0.1, 0.15) is 11.6 Å². The summed E-state index contributed by atoms with van der Waals surface area (Å²) < 4.78 is 43.1. The molecular formula is C31H31F3N6OS. The Labute approximate surface area is 247 Å². The molecule has 0 N–H and O–H groups in total. The minimum atomic E-state index is -4.74. The Morgan fingerprint density at radius 3 is 2.45 bits per heavy atom. The van der Waals surface area contributed by atoms with Crippen LogP contribution in [0.1, 0.15) is 50.1 Å². The lowest BCUT2D eigenvalue weighted by molar-refractivity contribution is -0.274. The molecule has 2 heterocycles. The van der Waals surface area contributed by atoms with Crippen LogP contribution in [0.4, 0.5) is 18.9 Å². The number of thioether (sulfide) groups is 1. The zero-order chi connectivity index (χ0) is 29.7. The highest BCUT2D eigenvalue weighted by Crippen LogP contribution is 2.30. The van der Waals surface area contributed by atoms with E-state index in [9.17, 15) is 13.2 Å². The number of rotatable bonds is 8. The maximum atomic E-state index is 12.5. The second kappa shape index (κ2) is 12.8. The number of amidine groups is 1. The molecule has 42 heavy (non-hydrogen) atoms.